The fraction of sp³-hybridized carbons (Fsp3) is 0.600. The van der Waals surface area contributed by atoms with Crippen molar-refractivity contribution in [3.8, 4) is 28.0 Å². The minimum absolute atomic E-state index is 0.121. The molecule has 260 valence electrons. The summed E-state index contributed by atoms with van der Waals surface area (Å²) in [7, 11) is 0. The predicted octanol–water partition coefficient (Wildman–Crippen LogP) is 14.7. The maximum atomic E-state index is 6.19. The molecule has 3 aromatic rings. The van der Waals surface area contributed by atoms with Gasteiger partial charge in [-0.15, -0.1) is 0 Å². The van der Waals surface area contributed by atoms with Gasteiger partial charge in [0.25, 0.3) is 0 Å². The molecule has 0 bridgehead atoms. The SMILES string of the molecule is CCCCCCCCCCCCCCCOc1ccc(-c2ccccc2-c2ccc(C(C)OCCCCCCCCCC)cc2)cc1. The van der Waals surface area contributed by atoms with Crippen LogP contribution in [0.25, 0.3) is 22.3 Å². The van der Waals surface area contributed by atoms with E-state index in [1.54, 1.807) is 0 Å². The first kappa shape index (κ1) is 38.9. The van der Waals surface area contributed by atoms with E-state index in [4.69, 9.17) is 9.47 Å². The Bertz CT molecular complexity index is 1150. The number of ether oxygens (including phenoxy) is 2. The number of hydrogen-bond acceptors (Lipinski definition) is 2. The summed E-state index contributed by atoms with van der Waals surface area (Å²) in [6.45, 7) is 8.40. The predicted molar refractivity (Wildman–Crippen MR) is 205 cm³/mol. The second-order valence-corrected chi connectivity index (χ2v) is 13.8. The summed E-state index contributed by atoms with van der Waals surface area (Å²) >= 11 is 0. The molecule has 0 aliphatic heterocycles. The van der Waals surface area contributed by atoms with Gasteiger partial charge in [-0.1, -0.05) is 197 Å². The van der Waals surface area contributed by atoms with E-state index in [9.17, 15) is 0 Å². The molecule has 2 heteroatoms. The van der Waals surface area contributed by atoms with Crippen molar-refractivity contribution < 1.29 is 9.47 Å². The summed E-state index contributed by atoms with van der Waals surface area (Å²) in [6, 6.07) is 26.3. The van der Waals surface area contributed by atoms with Crippen LogP contribution in [-0.4, -0.2) is 13.2 Å². The molecule has 0 aliphatic rings. The van der Waals surface area contributed by atoms with E-state index in [1.807, 2.05) is 0 Å². The minimum Gasteiger partial charge on any atom is -0.494 e. The van der Waals surface area contributed by atoms with Gasteiger partial charge in [0.2, 0.25) is 0 Å². The average molecular weight is 641 g/mol. The molecule has 0 radical (unpaired) electrons. The summed E-state index contributed by atoms with van der Waals surface area (Å²) < 4.78 is 12.3. The van der Waals surface area contributed by atoms with E-state index >= 15 is 0 Å². The van der Waals surface area contributed by atoms with Gasteiger partial charge in [0.1, 0.15) is 5.75 Å². The van der Waals surface area contributed by atoms with Gasteiger partial charge in [0.15, 0.2) is 0 Å². The average Bonchev–Trinajstić information content (AvgIpc) is 3.11. The number of unbranched alkanes of at least 4 members (excludes halogenated alkanes) is 19. The Morgan fingerprint density at radius 3 is 1.26 bits per heavy atom. The summed E-state index contributed by atoms with van der Waals surface area (Å²) in [4.78, 5) is 0. The van der Waals surface area contributed by atoms with Crippen LogP contribution in [0.2, 0.25) is 0 Å². The third kappa shape index (κ3) is 16.4. The Balaban J connectivity index is 1.34. The van der Waals surface area contributed by atoms with Gasteiger partial charge in [0.05, 0.1) is 12.7 Å². The van der Waals surface area contributed by atoms with Crippen LogP contribution in [0.15, 0.2) is 72.8 Å². The molecule has 47 heavy (non-hydrogen) atoms. The summed E-state index contributed by atoms with van der Waals surface area (Å²) in [5, 5.41) is 0. The monoisotopic (exact) mass is 641 g/mol. The van der Waals surface area contributed by atoms with E-state index in [0.29, 0.717) is 0 Å². The second kappa shape index (κ2) is 25.4. The van der Waals surface area contributed by atoms with Crippen LogP contribution in [0, 0.1) is 0 Å². The first-order chi connectivity index (χ1) is 23.2. The van der Waals surface area contributed by atoms with Crippen molar-refractivity contribution >= 4 is 0 Å². The molecule has 0 fully saturated rings. The first-order valence-corrected chi connectivity index (χ1v) is 19.8. The van der Waals surface area contributed by atoms with E-state index in [2.05, 4.69) is 93.6 Å². The summed E-state index contributed by atoms with van der Waals surface area (Å²) in [6.07, 6.45) is 28.6. The van der Waals surface area contributed by atoms with Gasteiger partial charge in [-0.3, -0.25) is 0 Å². The molecule has 0 amide bonds. The van der Waals surface area contributed by atoms with Gasteiger partial charge in [-0.2, -0.15) is 0 Å². The Morgan fingerprint density at radius 1 is 0.426 bits per heavy atom. The zero-order valence-electron chi connectivity index (χ0n) is 30.6. The molecule has 1 atom stereocenters. The highest BCUT2D eigenvalue weighted by atomic mass is 16.5. The Labute approximate surface area is 290 Å². The zero-order chi connectivity index (χ0) is 33.2. The highest BCUT2D eigenvalue weighted by Crippen LogP contribution is 2.34. The topological polar surface area (TPSA) is 18.5 Å². The van der Waals surface area contributed by atoms with Crippen molar-refractivity contribution in [3.63, 3.8) is 0 Å². The molecule has 0 aliphatic carbocycles. The fourth-order valence-corrected chi connectivity index (χ4v) is 6.55. The molecule has 0 aromatic heterocycles. The van der Waals surface area contributed by atoms with E-state index in [-0.39, 0.29) is 6.10 Å². The molecule has 1 unspecified atom stereocenters. The van der Waals surface area contributed by atoms with Gasteiger partial charge in [0, 0.05) is 6.61 Å². The highest BCUT2D eigenvalue weighted by molar-refractivity contribution is 5.83. The van der Waals surface area contributed by atoms with E-state index in [0.717, 1.165) is 31.8 Å². The van der Waals surface area contributed by atoms with E-state index in [1.165, 1.54) is 150 Å². The molecule has 2 nitrogen and oxygen atoms in total. The van der Waals surface area contributed by atoms with Crippen molar-refractivity contribution in [1.82, 2.24) is 0 Å². The van der Waals surface area contributed by atoms with Crippen LogP contribution in [-0.2, 0) is 4.74 Å². The largest absolute Gasteiger partial charge is 0.494 e. The van der Waals surface area contributed by atoms with Crippen LogP contribution in [0.1, 0.15) is 167 Å². The second-order valence-electron chi connectivity index (χ2n) is 13.8. The summed E-state index contributed by atoms with van der Waals surface area (Å²) in [5.41, 5.74) is 6.22. The van der Waals surface area contributed by atoms with Crippen LogP contribution in [0.5, 0.6) is 5.75 Å². The van der Waals surface area contributed by atoms with Gasteiger partial charge in [-0.05, 0) is 59.7 Å². The third-order valence-electron chi connectivity index (χ3n) is 9.67. The van der Waals surface area contributed by atoms with Crippen molar-refractivity contribution in [2.75, 3.05) is 13.2 Å². The molecule has 0 N–H and O–H groups in total. The lowest BCUT2D eigenvalue weighted by Crippen LogP contribution is -2.02. The molecule has 0 saturated heterocycles. The fourth-order valence-electron chi connectivity index (χ4n) is 6.55. The number of benzene rings is 3. The van der Waals surface area contributed by atoms with Crippen molar-refractivity contribution in [2.45, 2.75) is 162 Å². The Kier molecular flexibility index (Phi) is 21.0. The maximum absolute atomic E-state index is 6.19. The van der Waals surface area contributed by atoms with Crippen LogP contribution in [0.3, 0.4) is 0 Å². The highest BCUT2D eigenvalue weighted by Gasteiger charge is 2.10. The lowest BCUT2D eigenvalue weighted by molar-refractivity contribution is 0.0627. The molecule has 0 saturated carbocycles. The van der Waals surface area contributed by atoms with Crippen molar-refractivity contribution in [3.05, 3.63) is 78.4 Å². The van der Waals surface area contributed by atoms with Gasteiger partial charge < -0.3 is 9.47 Å². The molecule has 0 spiro atoms. The first-order valence-electron chi connectivity index (χ1n) is 19.8. The zero-order valence-corrected chi connectivity index (χ0v) is 30.6. The standard InChI is InChI=1S/C45H68O2/c1-4-6-8-10-12-14-15-16-17-18-20-22-26-38-47-43-35-33-42(34-36-43)45-28-24-23-27-44(45)41-31-29-40(30-32-41)39(3)46-37-25-21-19-13-11-9-7-5-2/h23-24,27-36,39H,4-22,25-26,37-38H2,1-3H3. The molecule has 3 aromatic carbocycles. The van der Waals surface area contributed by atoms with Gasteiger partial charge in [-0.25, -0.2) is 0 Å². The lowest BCUT2D eigenvalue weighted by atomic mass is 9.94. The smallest absolute Gasteiger partial charge is 0.119 e. The molecular formula is C45H68O2. The molecule has 0 heterocycles. The van der Waals surface area contributed by atoms with Gasteiger partial charge >= 0.3 is 0 Å². The quantitative estimate of drug-likeness (QED) is 0.0735. The Morgan fingerprint density at radius 2 is 0.809 bits per heavy atom. The van der Waals surface area contributed by atoms with Crippen LogP contribution < -0.4 is 4.74 Å². The summed E-state index contributed by atoms with van der Waals surface area (Å²) in [5.74, 6) is 0.968. The molecule has 3 rings (SSSR count). The van der Waals surface area contributed by atoms with Crippen LogP contribution in [0.4, 0.5) is 0 Å². The normalized spacial score (nSPS) is 12.0. The lowest BCUT2D eigenvalue weighted by Gasteiger charge is -2.15. The van der Waals surface area contributed by atoms with Crippen LogP contribution >= 0.6 is 0 Å². The molecular weight excluding hydrogens is 572 g/mol. The number of rotatable bonds is 28. The Hall–Kier alpha value is -2.58. The number of hydrogen-bond donors (Lipinski definition) is 0. The van der Waals surface area contributed by atoms with E-state index < -0.39 is 0 Å². The third-order valence-corrected chi connectivity index (χ3v) is 9.67. The van der Waals surface area contributed by atoms with Crippen molar-refractivity contribution in [1.29, 1.82) is 0 Å². The minimum atomic E-state index is 0.121. The maximum Gasteiger partial charge on any atom is 0.119 e. The van der Waals surface area contributed by atoms with Crippen molar-refractivity contribution in [2.24, 2.45) is 0 Å².